The van der Waals surface area contributed by atoms with Crippen molar-refractivity contribution in [1.82, 2.24) is 4.90 Å². The Morgan fingerprint density at radius 3 is 2.71 bits per heavy atom. The third-order valence-corrected chi connectivity index (χ3v) is 3.21. The van der Waals surface area contributed by atoms with Crippen LogP contribution in [0.4, 0.5) is 5.69 Å². The molecule has 1 saturated carbocycles. The Hall–Kier alpha value is -1.51. The van der Waals surface area contributed by atoms with E-state index < -0.39 is 0 Å². The van der Waals surface area contributed by atoms with E-state index in [1.807, 2.05) is 42.3 Å². The van der Waals surface area contributed by atoms with Crippen molar-refractivity contribution in [2.24, 2.45) is 5.92 Å². The molecule has 1 aromatic rings. The first-order valence-corrected chi connectivity index (χ1v) is 6.28. The highest BCUT2D eigenvalue weighted by Gasteiger charge is 2.21. The number of hydrogen-bond acceptors (Lipinski definition) is 2. The molecule has 3 heteroatoms. The van der Waals surface area contributed by atoms with E-state index in [9.17, 15) is 4.79 Å². The number of carbonyl (C=O) groups excluding carboxylic acids is 1. The standard InChI is InChI=1S/C14H20N2O/c1-16(10-9-12-7-8-12)14(17)11-15-13-5-3-2-4-6-13/h2-6,12,15H,7-11H2,1H3. The molecule has 2 rings (SSSR count). The molecule has 1 fully saturated rings. The molecule has 0 aromatic heterocycles. The Morgan fingerprint density at radius 1 is 1.35 bits per heavy atom. The lowest BCUT2D eigenvalue weighted by Gasteiger charge is -2.17. The molecule has 0 radical (unpaired) electrons. The monoisotopic (exact) mass is 232 g/mol. The summed E-state index contributed by atoms with van der Waals surface area (Å²) in [4.78, 5) is 13.6. The maximum Gasteiger partial charge on any atom is 0.241 e. The van der Waals surface area contributed by atoms with Crippen molar-refractivity contribution in [3.63, 3.8) is 0 Å². The van der Waals surface area contributed by atoms with Crippen LogP contribution in [0, 0.1) is 5.92 Å². The maximum absolute atomic E-state index is 11.8. The quantitative estimate of drug-likeness (QED) is 0.816. The van der Waals surface area contributed by atoms with E-state index in [1.165, 1.54) is 12.8 Å². The van der Waals surface area contributed by atoms with Crippen LogP contribution in [0.3, 0.4) is 0 Å². The molecule has 0 spiro atoms. The summed E-state index contributed by atoms with van der Waals surface area (Å²) in [5, 5.41) is 3.14. The molecule has 0 heterocycles. The van der Waals surface area contributed by atoms with Gasteiger partial charge in [0.25, 0.3) is 0 Å². The summed E-state index contributed by atoms with van der Waals surface area (Å²) in [6.45, 7) is 1.27. The van der Waals surface area contributed by atoms with E-state index in [2.05, 4.69) is 5.32 Å². The largest absolute Gasteiger partial charge is 0.376 e. The number of hydrogen-bond donors (Lipinski definition) is 1. The lowest BCUT2D eigenvalue weighted by Crippen LogP contribution is -2.33. The van der Waals surface area contributed by atoms with Crippen LogP contribution in [0.1, 0.15) is 19.3 Å². The summed E-state index contributed by atoms with van der Waals surface area (Å²) < 4.78 is 0. The fourth-order valence-corrected chi connectivity index (χ4v) is 1.78. The summed E-state index contributed by atoms with van der Waals surface area (Å²) in [6.07, 6.45) is 3.86. The van der Waals surface area contributed by atoms with Gasteiger partial charge in [0.2, 0.25) is 5.91 Å². The van der Waals surface area contributed by atoms with Crippen LogP contribution in [0.2, 0.25) is 0 Å². The van der Waals surface area contributed by atoms with E-state index in [0.29, 0.717) is 6.54 Å². The lowest BCUT2D eigenvalue weighted by atomic mass is 10.3. The van der Waals surface area contributed by atoms with E-state index in [4.69, 9.17) is 0 Å². The van der Waals surface area contributed by atoms with E-state index in [-0.39, 0.29) is 5.91 Å². The fourth-order valence-electron chi connectivity index (χ4n) is 1.78. The summed E-state index contributed by atoms with van der Waals surface area (Å²) in [5.41, 5.74) is 0.997. The third kappa shape index (κ3) is 4.10. The Balaban J connectivity index is 1.68. The van der Waals surface area contributed by atoms with Crippen LogP contribution in [0.25, 0.3) is 0 Å². The summed E-state index contributed by atoms with van der Waals surface area (Å²) in [6, 6.07) is 9.83. The molecular weight excluding hydrogens is 212 g/mol. The molecule has 3 nitrogen and oxygen atoms in total. The molecular formula is C14H20N2O. The van der Waals surface area contributed by atoms with Crippen LogP contribution in [0.15, 0.2) is 30.3 Å². The minimum absolute atomic E-state index is 0.162. The number of amides is 1. The second-order valence-electron chi connectivity index (χ2n) is 4.77. The highest BCUT2D eigenvalue weighted by atomic mass is 16.2. The molecule has 1 aliphatic carbocycles. The van der Waals surface area contributed by atoms with Crippen molar-refractivity contribution in [2.45, 2.75) is 19.3 Å². The summed E-state index contributed by atoms with van der Waals surface area (Å²) >= 11 is 0. The van der Waals surface area contributed by atoms with Crippen molar-refractivity contribution in [1.29, 1.82) is 0 Å². The van der Waals surface area contributed by atoms with E-state index in [0.717, 1.165) is 24.6 Å². The van der Waals surface area contributed by atoms with Gasteiger partial charge < -0.3 is 10.2 Å². The number of rotatable bonds is 6. The molecule has 1 aliphatic rings. The first-order chi connectivity index (χ1) is 8.25. The van der Waals surface area contributed by atoms with Gasteiger partial charge in [-0.05, 0) is 24.5 Å². The van der Waals surface area contributed by atoms with Gasteiger partial charge in [-0.15, -0.1) is 0 Å². The van der Waals surface area contributed by atoms with Gasteiger partial charge in [0, 0.05) is 19.3 Å². The fraction of sp³-hybridized carbons (Fsp3) is 0.500. The molecule has 1 aromatic carbocycles. The van der Waals surface area contributed by atoms with Crippen molar-refractivity contribution in [3.05, 3.63) is 30.3 Å². The van der Waals surface area contributed by atoms with Gasteiger partial charge >= 0.3 is 0 Å². The first kappa shape index (κ1) is 12.0. The smallest absolute Gasteiger partial charge is 0.241 e. The van der Waals surface area contributed by atoms with Gasteiger partial charge in [-0.3, -0.25) is 4.79 Å². The number of anilines is 1. The third-order valence-electron chi connectivity index (χ3n) is 3.21. The molecule has 1 N–H and O–H groups in total. The zero-order valence-electron chi connectivity index (χ0n) is 10.4. The SMILES string of the molecule is CN(CCC1CC1)C(=O)CNc1ccccc1. The molecule has 0 atom stereocenters. The van der Waals surface area contributed by atoms with E-state index >= 15 is 0 Å². The zero-order chi connectivity index (χ0) is 12.1. The van der Waals surface area contributed by atoms with Crippen molar-refractivity contribution < 1.29 is 4.79 Å². The average Bonchev–Trinajstić information content (AvgIpc) is 3.18. The molecule has 0 bridgehead atoms. The number of para-hydroxylation sites is 1. The number of likely N-dealkylation sites (N-methyl/N-ethyl adjacent to an activating group) is 1. The minimum atomic E-state index is 0.162. The van der Waals surface area contributed by atoms with Crippen LogP contribution in [-0.4, -0.2) is 30.9 Å². The molecule has 17 heavy (non-hydrogen) atoms. The maximum atomic E-state index is 11.8. The van der Waals surface area contributed by atoms with Gasteiger partial charge in [0.15, 0.2) is 0 Å². The predicted molar refractivity (Wildman–Crippen MR) is 69.9 cm³/mol. The zero-order valence-corrected chi connectivity index (χ0v) is 10.4. The molecule has 0 saturated heterocycles. The average molecular weight is 232 g/mol. The normalized spacial score (nSPS) is 14.4. The van der Waals surface area contributed by atoms with E-state index in [1.54, 1.807) is 0 Å². The van der Waals surface area contributed by atoms with Gasteiger partial charge in [-0.1, -0.05) is 31.0 Å². The molecule has 0 unspecified atom stereocenters. The second-order valence-corrected chi connectivity index (χ2v) is 4.77. The van der Waals surface area contributed by atoms with Gasteiger partial charge in [0.1, 0.15) is 0 Å². The molecule has 92 valence electrons. The highest BCUT2D eigenvalue weighted by Crippen LogP contribution is 2.32. The topological polar surface area (TPSA) is 32.3 Å². The van der Waals surface area contributed by atoms with Crippen LogP contribution in [-0.2, 0) is 4.79 Å². The van der Waals surface area contributed by atoms with Gasteiger partial charge in [-0.25, -0.2) is 0 Å². The lowest BCUT2D eigenvalue weighted by molar-refractivity contribution is -0.128. The summed E-state index contributed by atoms with van der Waals surface area (Å²) in [7, 11) is 1.89. The second kappa shape index (κ2) is 5.71. The number of benzene rings is 1. The first-order valence-electron chi connectivity index (χ1n) is 6.28. The van der Waals surface area contributed by atoms with Crippen LogP contribution < -0.4 is 5.32 Å². The van der Waals surface area contributed by atoms with Crippen molar-refractivity contribution >= 4 is 11.6 Å². The minimum Gasteiger partial charge on any atom is -0.376 e. The Bertz CT molecular complexity index is 360. The Morgan fingerprint density at radius 2 is 2.06 bits per heavy atom. The predicted octanol–water partition coefficient (Wildman–Crippen LogP) is 2.36. The van der Waals surface area contributed by atoms with Crippen LogP contribution >= 0.6 is 0 Å². The summed E-state index contributed by atoms with van der Waals surface area (Å²) in [5.74, 6) is 1.04. The number of carbonyl (C=O) groups is 1. The molecule has 1 amide bonds. The Labute approximate surface area is 103 Å². The van der Waals surface area contributed by atoms with Gasteiger partial charge in [0.05, 0.1) is 6.54 Å². The molecule has 0 aliphatic heterocycles. The highest BCUT2D eigenvalue weighted by molar-refractivity contribution is 5.80. The number of nitrogens with one attached hydrogen (secondary N) is 1. The van der Waals surface area contributed by atoms with Crippen molar-refractivity contribution in [2.75, 3.05) is 25.5 Å². The Kier molecular flexibility index (Phi) is 4.02. The van der Waals surface area contributed by atoms with Gasteiger partial charge in [-0.2, -0.15) is 0 Å². The van der Waals surface area contributed by atoms with Crippen molar-refractivity contribution in [3.8, 4) is 0 Å². The van der Waals surface area contributed by atoms with Crippen LogP contribution in [0.5, 0.6) is 0 Å². The number of nitrogens with zero attached hydrogens (tertiary/aromatic N) is 1.